The Balaban J connectivity index is 1.81. The van der Waals surface area contributed by atoms with Gasteiger partial charge in [-0.15, -0.1) is 11.3 Å². The summed E-state index contributed by atoms with van der Waals surface area (Å²) in [6, 6.07) is 4.15. The number of nitrogen functional groups attached to an aromatic ring is 1. The Hall–Kier alpha value is -2.48. The Kier molecular flexibility index (Phi) is 3.30. The maximum absolute atomic E-state index is 12.2. The molecule has 0 saturated heterocycles. The van der Waals surface area contributed by atoms with E-state index in [1.54, 1.807) is 0 Å². The highest BCUT2D eigenvalue weighted by molar-refractivity contribution is 7.14. The number of anilines is 2. The van der Waals surface area contributed by atoms with Crippen LogP contribution < -0.4 is 11.1 Å². The van der Waals surface area contributed by atoms with Crippen LogP contribution in [0.4, 0.5) is 16.5 Å². The van der Waals surface area contributed by atoms with Gasteiger partial charge in [0.05, 0.1) is 16.2 Å². The van der Waals surface area contributed by atoms with E-state index in [1.807, 2.05) is 5.38 Å². The van der Waals surface area contributed by atoms with Crippen LogP contribution in [0.15, 0.2) is 23.6 Å². The number of carbonyl (C=O) groups is 1. The zero-order valence-electron chi connectivity index (χ0n) is 10.9. The number of nitrogens with one attached hydrogen (secondary N) is 1. The second-order valence-corrected chi connectivity index (χ2v) is 5.66. The zero-order valence-corrected chi connectivity index (χ0v) is 11.7. The lowest BCUT2D eigenvalue weighted by atomic mass is 10.1. The van der Waals surface area contributed by atoms with Crippen molar-refractivity contribution in [1.82, 2.24) is 4.98 Å². The molecule has 1 heterocycles. The summed E-state index contributed by atoms with van der Waals surface area (Å²) < 4.78 is 0. The summed E-state index contributed by atoms with van der Waals surface area (Å²) in [6.07, 6.45) is 2.27. The maximum atomic E-state index is 12.2. The normalized spacial score (nSPS) is 13.9. The first-order valence-electron chi connectivity index (χ1n) is 6.36. The lowest BCUT2D eigenvalue weighted by molar-refractivity contribution is -0.383. The molecule has 3 N–H and O–H groups in total. The first kappa shape index (κ1) is 13.5. The minimum absolute atomic E-state index is 0.0763. The first-order valence-corrected chi connectivity index (χ1v) is 7.24. The molecule has 0 radical (unpaired) electrons. The number of hydrogen-bond donors (Lipinski definition) is 2. The number of hydrogen-bond acceptors (Lipinski definition) is 6. The molecule has 1 fully saturated rings. The number of nitrogens with zero attached hydrogens (tertiary/aromatic N) is 2. The molecule has 0 bridgehead atoms. The average Bonchev–Trinajstić information content (AvgIpc) is 3.19. The number of para-hydroxylation sites is 1. The van der Waals surface area contributed by atoms with E-state index in [0.29, 0.717) is 11.0 Å². The van der Waals surface area contributed by atoms with Crippen LogP contribution >= 0.6 is 11.3 Å². The van der Waals surface area contributed by atoms with E-state index >= 15 is 0 Å². The summed E-state index contributed by atoms with van der Waals surface area (Å²) in [5, 5.41) is 15.9. The molecule has 1 amide bonds. The second kappa shape index (κ2) is 5.13. The first-order chi connectivity index (χ1) is 10.1. The van der Waals surface area contributed by atoms with Crippen molar-refractivity contribution in [2.45, 2.75) is 18.8 Å². The standard InChI is InChI=1S/C13H12N4O3S/c14-11-8(2-1-3-10(11)17(19)20)12(18)16-13-15-9(6-21-13)7-4-5-7/h1-3,6-7H,4-5,14H2,(H,15,16,18). The smallest absolute Gasteiger partial charge is 0.292 e. The van der Waals surface area contributed by atoms with Crippen LogP contribution in [0.5, 0.6) is 0 Å². The molecule has 2 aromatic rings. The number of amides is 1. The highest BCUT2D eigenvalue weighted by Gasteiger charge is 2.26. The Bertz CT molecular complexity index is 724. The van der Waals surface area contributed by atoms with Crippen molar-refractivity contribution >= 4 is 33.8 Å². The number of carbonyl (C=O) groups excluding carboxylic acids is 1. The second-order valence-electron chi connectivity index (χ2n) is 4.80. The summed E-state index contributed by atoms with van der Waals surface area (Å²) in [5.41, 5.74) is 6.33. The molecule has 1 aliphatic carbocycles. The van der Waals surface area contributed by atoms with E-state index in [-0.39, 0.29) is 16.9 Å². The molecule has 1 aromatic carbocycles. The predicted octanol–water partition coefficient (Wildman–Crippen LogP) is 2.76. The number of thiazole rings is 1. The highest BCUT2D eigenvalue weighted by atomic mass is 32.1. The third-order valence-electron chi connectivity index (χ3n) is 3.26. The van der Waals surface area contributed by atoms with E-state index < -0.39 is 10.8 Å². The van der Waals surface area contributed by atoms with Gasteiger partial charge in [0.2, 0.25) is 0 Å². The lowest BCUT2D eigenvalue weighted by Crippen LogP contribution is -2.14. The third-order valence-corrected chi connectivity index (χ3v) is 4.04. The van der Waals surface area contributed by atoms with Crippen LogP contribution in [0.1, 0.15) is 34.8 Å². The molecule has 8 heteroatoms. The number of aromatic nitrogens is 1. The molecule has 7 nitrogen and oxygen atoms in total. The number of nitrogens with two attached hydrogens (primary N) is 1. The number of benzene rings is 1. The van der Waals surface area contributed by atoms with Crippen LogP contribution in [0.25, 0.3) is 0 Å². The van der Waals surface area contributed by atoms with Crippen LogP contribution in [-0.2, 0) is 0 Å². The summed E-state index contributed by atoms with van der Waals surface area (Å²) >= 11 is 1.34. The molecule has 1 saturated carbocycles. The van der Waals surface area contributed by atoms with Gasteiger partial charge >= 0.3 is 0 Å². The fourth-order valence-corrected chi connectivity index (χ4v) is 2.77. The molecule has 21 heavy (non-hydrogen) atoms. The topological polar surface area (TPSA) is 111 Å². The Labute approximate surface area is 124 Å². The van der Waals surface area contributed by atoms with Crippen LogP contribution in [0.3, 0.4) is 0 Å². The Morgan fingerprint density at radius 2 is 2.24 bits per heavy atom. The minimum atomic E-state index is -0.610. The third kappa shape index (κ3) is 2.70. The van der Waals surface area contributed by atoms with Crippen molar-refractivity contribution in [3.8, 4) is 0 Å². The quantitative estimate of drug-likeness (QED) is 0.512. The van der Waals surface area contributed by atoms with Crippen molar-refractivity contribution in [1.29, 1.82) is 0 Å². The van der Waals surface area contributed by atoms with E-state index in [9.17, 15) is 14.9 Å². The maximum Gasteiger partial charge on any atom is 0.292 e. The van der Waals surface area contributed by atoms with Gasteiger partial charge in [0.1, 0.15) is 5.69 Å². The van der Waals surface area contributed by atoms with Gasteiger partial charge in [0.25, 0.3) is 11.6 Å². The van der Waals surface area contributed by atoms with Crippen molar-refractivity contribution in [3.63, 3.8) is 0 Å². The number of rotatable bonds is 4. The number of nitro groups is 1. The monoisotopic (exact) mass is 304 g/mol. The predicted molar refractivity (Wildman–Crippen MR) is 79.6 cm³/mol. The lowest BCUT2D eigenvalue weighted by Gasteiger charge is -2.05. The Morgan fingerprint density at radius 1 is 1.48 bits per heavy atom. The summed E-state index contributed by atoms with van der Waals surface area (Å²) in [6.45, 7) is 0. The highest BCUT2D eigenvalue weighted by Crippen LogP contribution is 2.41. The molecular formula is C13H12N4O3S. The largest absolute Gasteiger partial charge is 0.393 e. The van der Waals surface area contributed by atoms with Gasteiger partial charge in [-0.1, -0.05) is 6.07 Å². The molecule has 1 aliphatic rings. The van der Waals surface area contributed by atoms with Gasteiger partial charge in [-0.3, -0.25) is 20.2 Å². The number of nitro benzene ring substituents is 1. The molecule has 3 rings (SSSR count). The van der Waals surface area contributed by atoms with Gasteiger partial charge in [0.15, 0.2) is 5.13 Å². The van der Waals surface area contributed by atoms with Gasteiger partial charge < -0.3 is 5.73 Å². The fraction of sp³-hybridized carbons (Fsp3) is 0.231. The van der Waals surface area contributed by atoms with Gasteiger partial charge in [0, 0.05) is 17.4 Å². The minimum Gasteiger partial charge on any atom is -0.393 e. The molecule has 0 atom stereocenters. The molecule has 1 aromatic heterocycles. The Morgan fingerprint density at radius 3 is 2.90 bits per heavy atom. The molecule has 0 aliphatic heterocycles. The molecule has 0 spiro atoms. The van der Waals surface area contributed by atoms with Crippen molar-refractivity contribution in [2.24, 2.45) is 0 Å². The molecule has 0 unspecified atom stereocenters. The van der Waals surface area contributed by atoms with Gasteiger partial charge in [-0.2, -0.15) is 0 Å². The summed E-state index contributed by atoms with van der Waals surface area (Å²) in [5.74, 6) is 0.0164. The van der Waals surface area contributed by atoms with Crippen molar-refractivity contribution in [2.75, 3.05) is 11.1 Å². The van der Waals surface area contributed by atoms with E-state index in [0.717, 1.165) is 18.5 Å². The van der Waals surface area contributed by atoms with Crippen LogP contribution in [0.2, 0.25) is 0 Å². The van der Waals surface area contributed by atoms with Crippen LogP contribution in [-0.4, -0.2) is 15.8 Å². The van der Waals surface area contributed by atoms with Crippen LogP contribution in [0, 0.1) is 10.1 Å². The van der Waals surface area contributed by atoms with Gasteiger partial charge in [-0.25, -0.2) is 4.98 Å². The van der Waals surface area contributed by atoms with E-state index in [2.05, 4.69) is 10.3 Å². The van der Waals surface area contributed by atoms with Crippen molar-refractivity contribution < 1.29 is 9.72 Å². The SMILES string of the molecule is Nc1c(C(=O)Nc2nc(C3CC3)cs2)cccc1[N+](=O)[O-]. The van der Waals surface area contributed by atoms with E-state index in [4.69, 9.17) is 5.73 Å². The average molecular weight is 304 g/mol. The van der Waals surface area contributed by atoms with Crippen molar-refractivity contribution in [3.05, 3.63) is 45.0 Å². The van der Waals surface area contributed by atoms with Gasteiger partial charge in [-0.05, 0) is 18.9 Å². The fourth-order valence-electron chi connectivity index (χ4n) is 1.98. The van der Waals surface area contributed by atoms with E-state index in [1.165, 1.54) is 29.5 Å². The summed E-state index contributed by atoms with van der Waals surface area (Å²) in [4.78, 5) is 26.7. The summed E-state index contributed by atoms with van der Waals surface area (Å²) in [7, 11) is 0. The molecular weight excluding hydrogens is 292 g/mol. The zero-order chi connectivity index (χ0) is 15.0. The molecule has 108 valence electrons.